The van der Waals surface area contributed by atoms with E-state index in [1.54, 1.807) is 0 Å². The van der Waals surface area contributed by atoms with Crippen LogP contribution >= 0.6 is 21.6 Å². The zero-order valence-electron chi connectivity index (χ0n) is 6.62. The zero-order valence-corrected chi connectivity index (χ0v) is 8.25. The lowest BCUT2D eigenvalue weighted by atomic mass is 10.2. The molecule has 0 aliphatic rings. The summed E-state index contributed by atoms with van der Waals surface area (Å²) in [5.74, 6) is 2.32. The molecule has 0 saturated heterocycles. The molecule has 0 fully saturated rings. The number of rotatable bonds is 4. The molecule has 1 aromatic rings. The average molecular weight is 184 g/mol. The Kier molecular flexibility index (Phi) is 4.55. The van der Waals surface area contributed by atoms with Crippen LogP contribution in [0.4, 0.5) is 0 Å². The first-order chi connectivity index (χ1) is 5.43. The zero-order chi connectivity index (χ0) is 7.94. The van der Waals surface area contributed by atoms with Gasteiger partial charge in [0.1, 0.15) is 0 Å². The van der Waals surface area contributed by atoms with Crippen LogP contribution in [0.15, 0.2) is 30.3 Å². The normalized spacial score (nSPS) is 9.91. The van der Waals surface area contributed by atoms with Crippen LogP contribution in [0.1, 0.15) is 12.5 Å². The summed E-state index contributed by atoms with van der Waals surface area (Å²) >= 11 is 0. The van der Waals surface area contributed by atoms with Crippen molar-refractivity contribution in [2.45, 2.75) is 12.7 Å². The van der Waals surface area contributed by atoms with E-state index in [9.17, 15) is 0 Å². The van der Waals surface area contributed by atoms with Crippen molar-refractivity contribution >= 4 is 21.6 Å². The lowest BCUT2D eigenvalue weighted by Crippen LogP contribution is -1.75. The fourth-order valence-electron chi connectivity index (χ4n) is 0.767. The molecule has 1 rings (SSSR count). The van der Waals surface area contributed by atoms with Gasteiger partial charge in [-0.1, -0.05) is 58.8 Å². The lowest BCUT2D eigenvalue weighted by molar-refractivity contribution is 1.43. The molecule has 0 spiro atoms. The highest BCUT2D eigenvalue weighted by atomic mass is 33.1. The molecule has 0 heterocycles. The molecule has 1 aromatic carbocycles. The maximum Gasteiger partial charge on any atom is 0.0288 e. The quantitative estimate of drug-likeness (QED) is 0.518. The van der Waals surface area contributed by atoms with Crippen LogP contribution in [0, 0.1) is 0 Å². The molecule has 0 radical (unpaired) electrons. The Morgan fingerprint density at radius 2 is 1.82 bits per heavy atom. The summed E-state index contributed by atoms with van der Waals surface area (Å²) in [5, 5.41) is 0. The van der Waals surface area contributed by atoms with Gasteiger partial charge in [0, 0.05) is 11.5 Å². The van der Waals surface area contributed by atoms with Crippen LogP contribution in [-0.2, 0) is 5.75 Å². The van der Waals surface area contributed by atoms with Gasteiger partial charge in [-0.15, -0.1) is 0 Å². The van der Waals surface area contributed by atoms with Crippen LogP contribution < -0.4 is 0 Å². The number of benzene rings is 1. The van der Waals surface area contributed by atoms with Crippen molar-refractivity contribution in [2.24, 2.45) is 0 Å². The summed E-state index contributed by atoms with van der Waals surface area (Å²) in [4.78, 5) is 0. The Bertz CT molecular complexity index is 184. The van der Waals surface area contributed by atoms with Crippen molar-refractivity contribution in [1.29, 1.82) is 0 Å². The third kappa shape index (κ3) is 3.73. The van der Waals surface area contributed by atoms with E-state index in [-0.39, 0.29) is 0 Å². The van der Waals surface area contributed by atoms with Crippen molar-refractivity contribution in [3.05, 3.63) is 35.9 Å². The highest BCUT2D eigenvalue weighted by Crippen LogP contribution is 2.24. The molecular formula is C9H12S2. The summed E-state index contributed by atoms with van der Waals surface area (Å²) in [6, 6.07) is 10.6. The maximum atomic E-state index is 2.18. The largest absolute Gasteiger partial charge is 0.0941 e. The Labute approximate surface area is 76.2 Å². The monoisotopic (exact) mass is 184 g/mol. The molecule has 60 valence electrons. The second-order valence-electron chi connectivity index (χ2n) is 2.15. The molecule has 0 N–H and O–H groups in total. The van der Waals surface area contributed by atoms with Gasteiger partial charge in [-0.25, -0.2) is 0 Å². The van der Waals surface area contributed by atoms with E-state index in [4.69, 9.17) is 0 Å². The van der Waals surface area contributed by atoms with Crippen LogP contribution in [-0.4, -0.2) is 5.75 Å². The van der Waals surface area contributed by atoms with Gasteiger partial charge in [0.15, 0.2) is 0 Å². The summed E-state index contributed by atoms with van der Waals surface area (Å²) in [7, 11) is 3.84. The van der Waals surface area contributed by atoms with E-state index in [1.165, 1.54) is 11.3 Å². The molecule has 0 amide bonds. The van der Waals surface area contributed by atoms with Gasteiger partial charge in [0.05, 0.1) is 0 Å². The van der Waals surface area contributed by atoms with E-state index >= 15 is 0 Å². The Morgan fingerprint density at radius 1 is 1.09 bits per heavy atom. The average Bonchev–Trinajstić information content (AvgIpc) is 2.07. The number of hydrogen-bond donors (Lipinski definition) is 0. The number of hydrogen-bond acceptors (Lipinski definition) is 2. The van der Waals surface area contributed by atoms with E-state index in [0.29, 0.717) is 0 Å². The van der Waals surface area contributed by atoms with Crippen LogP contribution in [0.2, 0.25) is 0 Å². The highest BCUT2D eigenvalue weighted by molar-refractivity contribution is 8.76. The molecule has 11 heavy (non-hydrogen) atoms. The predicted octanol–water partition coefficient (Wildman–Crippen LogP) is 3.59. The molecule has 0 aliphatic carbocycles. The van der Waals surface area contributed by atoms with Gasteiger partial charge >= 0.3 is 0 Å². The molecule has 0 aliphatic heterocycles. The van der Waals surface area contributed by atoms with E-state index in [1.807, 2.05) is 21.6 Å². The molecule has 0 aromatic heterocycles. The van der Waals surface area contributed by atoms with Gasteiger partial charge in [0.25, 0.3) is 0 Å². The van der Waals surface area contributed by atoms with Crippen molar-refractivity contribution in [3.8, 4) is 0 Å². The maximum absolute atomic E-state index is 2.18. The molecule has 0 saturated carbocycles. The summed E-state index contributed by atoms with van der Waals surface area (Å²) in [6.45, 7) is 2.18. The smallest absolute Gasteiger partial charge is 0.0288 e. The first kappa shape index (κ1) is 9.01. The third-order valence-electron chi connectivity index (χ3n) is 1.27. The Hall–Kier alpha value is -0.0800. The minimum absolute atomic E-state index is 1.12. The van der Waals surface area contributed by atoms with Gasteiger partial charge in [-0.3, -0.25) is 0 Å². The van der Waals surface area contributed by atoms with Gasteiger partial charge in [0.2, 0.25) is 0 Å². The van der Waals surface area contributed by atoms with E-state index < -0.39 is 0 Å². The van der Waals surface area contributed by atoms with Gasteiger partial charge in [-0.05, 0) is 5.56 Å². The SMILES string of the molecule is CCSSCc1ccccc1. The van der Waals surface area contributed by atoms with E-state index in [0.717, 1.165) is 5.75 Å². The molecule has 0 unspecified atom stereocenters. The molecule has 0 nitrogen and oxygen atoms in total. The van der Waals surface area contributed by atoms with Crippen molar-refractivity contribution in [1.82, 2.24) is 0 Å². The van der Waals surface area contributed by atoms with Gasteiger partial charge < -0.3 is 0 Å². The minimum atomic E-state index is 1.12. The Balaban J connectivity index is 2.28. The van der Waals surface area contributed by atoms with Crippen LogP contribution in [0.3, 0.4) is 0 Å². The predicted molar refractivity (Wildman–Crippen MR) is 55.9 cm³/mol. The lowest BCUT2D eigenvalue weighted by Gasteiger charge is -1.97. The first-order valence-corrected chi connectivity index (χ1v) is 6.20. The van der Waals surface area contributed by atoms with E-state index in [2.05, 4.69) is 37.3 Å². The standard InChI is InChI=1S/C9H12S2/c1-2-10-11-8-9-6-4-3-5-7-9/h3-7H,2,8H2,1H3. The van der Waals surface area contributed by atoms with Crippen LogP contribution in [0.25, 0.3) is 0 Å². The van der Waals surface area contributed by atoms with Crippen molar-refractivity contribution in [3.63, 3.8) is 0 Å². The second-order valence-corrected chi connectivity index (χ2v) is 4.91. The van der Waals surface area contributed by atoms with Crippen molar-refractivity contribution < 1.29 is 0 Å². The second kappa shape index (κ2) is 5.56. The fourth-order valence-corrected chi connectivity index (χ4v) is 2.50. The fraction of sp³-hybridized carbons (Fsp3) is 0.333. The molecule has 0 atom stereocenters. The summed E-state index contributed by atoms with van der Waals surface area (Å²) in [6.07, 6.45) is 0. The minimum Gasteiger partial charge on any atom is -0.0941 e. The summed E-state index contributed by atoms with van der Waals surface area (Å²) < 4.78 is 0. The first-order valence-electron chi connectivity index (χ1n) is 3.72. The molecule has 2 heteroatoms. The summed E-state index contributed by atoms with van der Waals surface area (Å²) in [5.41, 5.74) is 1.42. The van der Waals surface area contributed by atoms with Gasteiger partial charge in [-0.2, -0.15) is 0 Å². The highest BCUT2D eigenvalue weighted by Gasteiger charge is 1.89. The molecular weight excluding hydrogens is 172 g/mol. The van der Waals surface area contributed by atoms with Crippen LogP contribution in [0.5, 0.6) is 0 Å². The third-order valence-corrected chi connectivity index (χ3v) is 3.68. The Morgan fingerprint density at radius 3 is 2.45 bits per heavy atom. The molecule has 0 bridgehead atoms. The topological polar surface area (TPSA) is 0 Å². The van der Waals surface area contributed by atoms with Crippen molar-refractivity contribution in [2.75, 3.05) is 5.75 Å².